The zero-order valence-corrected chi connectivity index (χ0v) is 27.2. The molecule has 0 spiro atoms. The molecule has 232 valence electrons. The fraction of sp³-hybridized carbons (Fsp3) is 0.355. The second-order valence-electron chi connectivity index (χ2n) is 10.4. The molecule has 1 atom stereocenters. The average molecular weight is 651 g/mol. The summed E-state index contributed by atoms with van der Waals surface area (Å²) in [5, 5.41) is 3.56. The maximum Gasteiger partial charge on any atom is 0.244 e. The lowest BCUT2D eigenvalue weighted by Gasteiger charge is -2.34. The Morgan fingerprint density at radius 2 is 1.53 bits per heavy atom. The van der Waals surface area contributed by atoms with Gasteiger partial charge in [-0.3, -0.25) is 13.9 Å². The zero-order chi connectivity index (χ0) is 31.7. The van der Waals surface area contributed by atoms with Gasteiger partial charge in [0.2, 0.25) is 21.8 Å². The molecule has 12 heteroatoms. The van der Waals surface area contributed by atoms with E-state index in [4.69, 9.17) is 32.7 Å². The normalized spacial score (nSPS) is 12.0. The van der Waals surface area contributed by atoms with Gasteiger partial charge in [-0.2, -0.15) is 0 Å². The van der Waals surface area contributed by atoms with E-state index >= 15 is 0 Å². The largest absolute Gasteiger partial charge is 0.493 e. The van der Waals surface area contributed by atoms with Crippen molar-refractivity contribution in [1.29, 1.82) is 0 Å². The van der Waals surface area contributed by atoms with E-state index < -0.39 is 28.5 Å². The van der Waals surface area contributed by atoms with E-state index in [1.54, 1.807) is 24.3 Å². The second-order valence-corrected chi connectivity index (χ2v) is 13.1. The van der Waals surface area contributed by atoms with Crippen LogP contribution < -0.4 is 19.1 Å². The third kappa shape index (κ3) is 9.26. The first-order valence-electron chi connectivity index (χ1n) is 13.6. The summed E-state index contributed by atoms with van der Waals surface area (Å²) in [7, 11) is -1.08. The first-order valence-corrected chi connectivity index (χ1v) is 16.2. The van der Waals surface area contributed by atoms with Crippen LogP contribution in [0.3, 0.4) is 0 Å². The Labute approximate surface area is 263 Å². The van der Waals surface area contributed by atoms with Gasteiger partial charge >= 0.3 is 0 Å². The molecule has 0 aliphatic carbocycles. The second kappa shape index (κ2) is 15.3. The number of carbonyl (C=O) groups excluding carboxylic acids is 2. The van der Waals surface area contributed by atoms with E-state index in [2.05, 4.69) is 5.32 Å². The van der Waals surface area contributed by atoms with Crippen LogP contribution in [-0.2, 0) is 32.6 Å². The van der Waals surface area contributed by atoms with E-state index in [1.807, 2.05) is 44.2 Å². The minimum Gasteiger partial charge on any atom is -0.493 e. The van der Waals surface area contributed by atoms with E-state index in [0.29, 0.717) is 27.9 Å². The molecule has 0 aliphatic heterocycles. The monoisotopic (exact) mass is 649 g/mol. The molecule has 3 rings (SSSR count). The SMILES string of the molecule is COc1ccc(N(CC(=O)N(Cc2c(Cl)cccc2Cl)[C@@H](Cc2ccccc2)C(=O)NCC(C)C)S(C)(=O)=O)cc1OC. The highest BCUT2D eigenvalue weighted by Gasteiger charge is 2.34. The number of sulfonamides is 1. The quantitative estimate of drug-likeness (QED) is 0.258. The number of hydrogen-bond donors (Lipinski definition) is 1. The van der Waals surface area contributed by atoms with Gasteiger partial charge in [0.05, 0.1) is 26.2 Å². The molecule has 0 aliphatic rings. The average Bonchev–Trinajstić information content (AvgIpc) is 2.97. The summed E-state index contributed by atoms with van der Waals surface area (Å²) in [5.41, 5.74) is 1.44. The molecule has 0 saturated carbocycles. The van der Waals surface area contributed by atoms with Crippen molar-refractivity contribution in [3.63, 3.8) is 0 Å². The summed E-state index contributed by atoms with van der Waals surface area (Å²) in [4.78, 5) is 29.3. The molecule has 0 aromatic heterocycles. The van der Waals surface area contributed by atoms with Crippen molar-refractivity contribution in [3.8, 4) is 11.5 Å². The lowest BCUT2D eigenvalue weighted by atomic mass is 10.0. The van der Waals surface area contributed by atoms with Gasteiger partial charge in [0.25, 0.3) is 0 Å². The summed E-state index contributed by atoms with van der Waals surface area (Å²) in [6.45, 7) is 3.59. The van der Waals surface area contributed by atoms with Gasteiger partial charge in [0.15, 0.2) is 11.5 Å². The first-order chi connectivity index (χ1) is 20.3. The fourth-order valence-corrected chi connectivity index (χ4v) is 5.78. The summed E-state index contributed by atoms with van der Waals surface area (Å²) >= 11 is 13.0. The first kappa shape index (κ1) is 34.0. The molecule has 43 heavy (non-hydrogen) atoms. The van der Waals surface area contributed by atoms with Gasteiger partial charge in [0, 0.05) is 41.2 Å². The molecular weight excluding hydrogens is 613 g/mol. The molecule has 0 heterocycles. The fourth-order valence-electron chi connectivity index (χ4n) is 4.42. The van der Waals surface area contributed by atoms with E-state index in [-0.39, 0.29) is 36.2 Å². The molecule has 0 unspecified atom stereocenters. The third-order valence-electron chi connectivity index (χ3n) is 6.68. The van der Waals surface area contributed by atoms with E-state index in [1.165, 1.54) is 31.3 Å². The zero-order valence-electron chi connectivity index (χ0n) is 24.8. The number of amides is 2. The van der Waals surface area contributed by atoms with Crippen LogP contribution in [0.25, 0.3) is 0 Å². The number of halogens is 2. The molecule has 0 radical (unpaired) electrons. The maximum absolute atomic E-state index is 14.3. The molecule has 0 saturated heterocycles. The Bertz CT molecular complexity index is 1500. The number of nitrogens with one attached hydrogen (secondary N) is 1. The molecule has 3 aromatic carbocycles. The van der Waals surface area contributed by atoms with Crippen molar-refractivity contribution in [3.05, 3.63) is 87.9 Å². The van der Waals surface area contributed by atoms with E-state index in [9.17, 15) is 18.0 Å². The Morgan fingerprint density at radius 3 is 2.09 bits per heavy atom. The smallest absolute Gasteiger partial charge is 0.244 e. The van der Waals surface area contributed by atoms with Gasteiger partial charge < -0.3 is 19.7 Å². The van der Waals surface area contributed by atoms with Crippen LogP contribution in [0, 0.1) is 5.92 Å². The van der Waals surface area contributed by atoms with Crippen LogP contribution in [0.1, 0.15) is 25.0 Å². The minimum atomic E-state index is -3.97. The number of benzene rings is 3. The van der Waals surface area contributed by atoms with Crippen molar-refractivity contribution in [2.75, 3.05) is 37.9 Å². The van der Waals surface area contributed by atoms with Crippen LogP contribution in [-0.4, -0.2) is 64.7 Å². The number of ether oxygens (including phenoxy) is 2. The van der Waals surface area contributed by atoms with Gasteiger partial charge in [0.1, 0.15) is 12.6 Å². The number of methoxy groups -OCH3 is 2. The van der Waals surface area contributed by atoms with Crippen LogP contribution in [0.2, 0.25) is 10.0 Å². The van der Waals surface area contributed by atoms with Crippen molar-refractivity contribution < 1.29 is 27.5 Å². The predicted octanol–water partition coefficient (Wildman–Crippen LogP) is 5.19. The highest BCUT2D eigenvalue weighted by Crippen LogP contribution is 2.33. The van der Waals surface area contributed by atoms with Crippen molar-refractivity contribution >= 4 is 50.7 Å². The lowest BCUT2D eigenvalue weighted by Crippen LogP contribution is -2.53. The van der Waals surface area contributed by atoms with Crippen LogP contribution in [0.5, 0.6) is 11.5 Å². The highest BCUT2D eigenvalue weighted by atomic mass is 35.5. The molecule has 1 N–H and O–H groups in total. The summed E-state index contributed by atoms with van der Waals surface area (Å²) in [6, 6.07) is 17.8. The van der Waals surface area contributed by atoms with Gasteiger partial charge in [-0.05, 0) is 35.7 Å². The van der Waals surface area contributed by atoms with Crippen LogP contribution in [0.15, 0.2) is 66.7 Å². The molecule has 3 aromatic rings. The number of anilines is 1. The van der Waals surface area contributed by atoms with Crippen molar-refractivity contribution in [2.24, 2.45) is 5.92 Å². The third-order valence-corrected chi connectivity index (χ3v) is 8.53. The Hall–Kier alpha value is -3.47. The maximum atomic E-state index is 14.3. The van der Waals surface area contributed by atoms with Crippen LogP contribution >= 0.6 is 23.2 Å². The number of rotatable bonds is 14. The summed E-state index contributed by atoms with van der Waals surface area (Å²) < 4.78 is 37.7. The molecular formula is C31H37Cl2N3O6S. The van der Waals surface area contributed by atoms with Gasteiger partial charge in [-0.15, -0.1) is 0 Å². The Balaban J connectivity index is 2.11. The molecule has 2 amide bonds. The number of carbonyl (C=O) groups is 2. The standard InChI is InChI=1S/C31H37Cl2N3O6S/c1-21(2)18-34-31(38)27(16-22-10-7-6-8-11-22)35(19-24-25(32)12-9-13-26(24)33)30(37)20-36(43(5,39)40)23-14-15-28(41-3)29(17-23)42-4/h6-15,17,21,27H,16,18-20H2,1-5H3,(H,34,38)/t27-/m0/s1. The number of nitrogens with zero attached hydrogens (tertiary/aromatic N) is 2. The Kier molecular flexibility index (Phi) is 12.1. The summed E-state index contributed by atoms with van der Waals surface area (Å²) in [5.74, 6) is -0.168. The van der Waals surface area contributed by atoms with Crippen molar-refractivity contribution in [1.82, 2.24) is 10.2 Å². The van der Waals surface area contributed by atoms with E-state index in [0.717, 1.165) is 16.1 Å². The van der Waals surface area contributed by atoms with Crippen LogP contribution in [0.4, 0.5) is 5.69 Å². The molecule has 0 fully saturated rings. The van der Waals surface area contributed by atoms with Crippen molar-refractivity contribution in [2.45, 2.75) is 32.9 Å². The van der Waals surface area contributed by atoms with Gasteiger partial charge in [-0.1, -0.05) is 73.4 Å². The Morgan fingerprint density at radius 1 is 0.907 bits per heavy atom. The topological polar surface area (TPSA) is 105 Å². The highest BCUT2D eigenvalue weighted by molar-refractivity contribution is 7.92. The molecule has 0 bridgehead atoms. The minimum absolute atomic E-state index is 0.131. The predicted molar refractivity (Wildman–Crippen MR) is 171 cm³/mol. The number of hydrogen-bond acceptors (Lipinski definition) is 6. The van der Waals surface area contributed by atoms with Gasteiger partial charge in [-0.25, -0.2) is 8.42 Å². The lowest BCUT2D eigenvalue weighted by molar-refractivity contribution is -0.140. The molecule has 9 nitrogen and oxygen atoms in total. The summed E-state index contributed by atoms with van der Waals surface area (Å²) in [6.07, 6.45) is 1.18.